The van der Waals surface area contributed by atoms with Crippen LogP contribution in [0.1, 0.15) is 18.1 Å². The first-order valence-corrected chi connectivity index (χ1v) is 11.9. The smallest absolute Gasteiger partial charge is 0.250 e. The van der Waals surface area contributed by atoms with Crippen molar-refractivity contribution in [1.29, 1.82) is 0 Å². The Labute approximate surface area is 207 Å². The number of ether oxygens (including phenoxy) is 1. The van der Waals surface area contributed by atoms with Crippen LogP contribution >= 0.6 is 11.8 Å². The van der Waals surface area contributed by atoms with E-state index in [1.165, 1.54) is 24.9 Å². The number of aromatic nitrogens is 3. The number of phenolic OH excluding ortho intramolecular Hbond substituents is 1. The molecule has 3 aromatic carbocycles. The number of benzene rings is 3. The summed E-state index contributed by atoms with van der Waals surface area (Å²) in [6.45, 7) is 3.80. The van der Waals surface area contributed by atoms with Gasteiger partial charge in [0.25, 0.3) is 5.91 Å². The molecule has 178 valence electrons. The van der Waals surface area contributed by atoms with Crippen molar-refractivity contribution < 1.29 is 14.6 Å². The second-order valence-corrected chi connectivity index (χ2v) is 8.69. The molecule has 1 aromatic heterocycles. The third kappa shape index (κ3) is 5.70. The summed E-state index contributed by atoms with van der Waals surface area (Å²) in [4.78, 5) is 12.5. The Morgan fingerprint density at radius 2 is 1.83 bits per heavy atom. The summed E-state index contributed by atoms with van der Waals surface area (Å²) < 4.78 is 7.07. The number of rotatable bonds is 8. The van der Waals surface area contributed by atoms with Crippen LogP contribution in [0.15, 0.2) is 83.1 Å². The highest BCUT2D eigenvalue weighted by molar-refractivity contribution is 7.99. The standard InChI is InChI=1S/C26H25N5O3S/c1-17-9-12-21(13-10-17)31-25(19-7-5-4-6-8-19)29-30-26(31)35-16-24(33)28-27-18(2)20-11-14-22(32)23(15-20)34-3/h4-15,32H,16H2,1-3H3,(H,28,33). The van der Waals surface area contributed by atoms with E-state index in [1.807, 2.05) is 66.1 Å². The van der Waals surface area contributed by atoms with Crippen LogP contribution < -0.4 is 10.2 Å². The third-order valence-electron chi connectivity index (χ3n) is 5.24. The number of hydrogen-bond donors (Lipinski definition) is 2. The van der Waals surface area contributed by atoms with Crippen molar-refractivity contribution >= 4 is 23.4 Å². The second-order valence-electron chi connectivity index (χ2n) is 7.75. The highest BCUT2D eigenvalue weighted by Crippen LogP contribution is 2.28. The quantitative estimate of drug-likeness (QED) is 0.214. The molecule has 35 heavy (non-hydrogen) atoms. The van der Waals surface area contributed by atoms with Crippen LogP contribution in [-0.2, 0) is 4.79 Å². The number of carbonyl (C=O) groups excluding carboxylic acids is 1. The van der Waals surface area contributed by atoms with Gasteiger partial charge in [0, 0.05) is 16.8 Å². The van der Waals surface area contributed by atoms with Crippen molar-refractivity contribution in [2.75, 3.05) is 12.9 Å². The predicted octanol–water partition coefficient (Wildman–Crippen LogP) is 4.59. The van der Waals surface area contributed by atoms with Gasteiger partial charge >= 0.3 is 0 Å². The number of hydrogen-bond acceptors (Lipinski definition) is 7. The van der Waals surface area contributed by atoms with Crippen molar-refractivity contribution in [3.63, 3.8) is 0 Å². The van der Waals surface area contributed by atoms with E-state index in [4.69, 9.17) is 4.74 Å². The summed E-state index contributed by atoms with van der Waals surface area (Å²) >= 11 is 1.28. The zero-order chi connectivity index (χ0) is 24.8. The molecule has 0 unspecified atom stereocenters. The topological polar surface area (TPSA) is 102 Å². The SMILES string of the molecule is COc1cc(C(C)=NNC(=O)CSc2nnc(-c3ccccc3)n2-c2ccc(C)cc2)ccc1O. The van der Waals surface area contributed by atoms with Crippen LogP contribution in [0.4, 0.5) is 0 Å². The Morgan fingerprint density at radius 3 is 2.54 bits per heavy atom. The molecule has 0 saturated heterocycles. The molecule has 0 aliphatic heterocycles. The van der Waals surface area contributed by atoms with Crippen molar-refractivity contribution in [1.82, 2.24) is 20.2 Å². The number of methoxy groups -OCH3 is 1. The van der Waals surface area contributed by atoms with E-state index in [0.29, 0.717) is 22.4 Å². The normalized spacial score (nSPS) is 11.3. The average Bonchev–Trinajstić information content (AvgIpc) is 3.31. The molecule has 0 aliphatic rings. The Kier molecular flexibility index (Phi) is 7.47. The molecule has 0 fully saturated rings. The zero-order valence-electron chi connectivity index (χ0n) is 19.6. The Balaban J connectivity index is 1.50. The van der Waals surface area contributed by atoms with Crippen LogP contribution in [0, 0.1) is 6.92 Å². The minimum atomic E-state index is -0.278. The monoisotopic (exact) mass is 487 g/mol. The van der Waals surface area contributed by atoms with Gasteiger partial charge in [-0.2, -0.15) is 5.10 Å². The van der Waals surface area contributed by atoms with E-state index in [1.54, 1.807) is 19.1 Å². The molecule has 0 atom stereocenters. The van der Waals surface area contributed by atoms with Crippen molar-refractivity contribution in [3.8, 4) is 28.6 Å². The molecule has 9 heteroatoms. The van der Waals surface area contributed by atoms with Gasteiger partial charge in [-0.1, -0.05) is 59.8 Å². The molecule has 4 aromatic rings. The van der Waals surface area contributed by atoms with Gasteiger partial charge < -0.3 is 9.84 Å². The summed E-state index contributed by atoms with van der Waals surface area (Å²) in [5, 5.41) is 23.3. The highest BCUT2D eigenvalue weighted by Gasteiger charge is 2.17. The lowest BCUT2D eigenvalue weighted by molar-refractivity contribution is -0.118. The first-order chi connectivity index (χ1) is 17.0. The molecular weight excluding hydrogens is 462 g/mol. The zero-order valence-corrected chi connectivity index (χ0v) is 20.4. The summed E-state index contributed by atoms with van der Waals surface area (Å²) in [6, 6.07) is 22.8. The lowest BCUT2D eigenvalue weighted by Gasteiger charge is -2.10. The largest absolute Gasteiger partial charge is 0.504 e. The van der Waals surface area contributed by atoms with Gasteiger partial charge in [-0.3, -0.25) is 9.36 Å². The number of aryl methyl sites for hydroxylation is 1. The van der Waals surface area contributed by atoms with Gasteiger partial charge in [0.1, 0.15) is 0 Å². The molecule has 0 saturated carbocycles. The maximum Gasteiger partial charge on any atom is 0.250 e. The molecular formula is C26H25N5O3S. The van der Waals surface area contributed by atoms with Gasteiger partial charge in [0.2, 0.25) is 0 Å². The van der Waals surface area contributed by atoms with Crippen molar-refractivity contribution in [2.24, 2.45) is 5.10 Å². The molecule has 0 bridgehead atoms. The van der Waals surface area contributed by atoms with Gasteiger partial charge in [-0.25, -0.2) is 5.43 Å². The fourth-order valence-electron chi connectivity index (χ4n) is 3.34. The van der Waals surface area contributed by atoms with E-state index in [0.717, 1.165) is 22.4 Å². The van der Waals surface area contributed by atoms with E-state index < -0.39 is 0 Å². The molecule has 2 N–H and O–H groups in total. The Hall–Kier alpha value is -4.11. The Morgan fingerprint density at radius 1 is 1.09 bits per heavy atom. The number of amides is 1. The van der Waals surface area contributed by atoms with Gasteiger partial charge in [0.05, 0.1) is 18.6 Å². The number of carbonyl (C=O) groups is 1. The number of aromatic hydroxyl groups is 1. The van der Waals surface area contributed by atoms with Crippen LogP contribution in [-0.4, -0.2) is 44.4 Å². The Bertz CT molecular complexity index is 1350. The average molecular weight is 488 g/mol. The summed E-state index contributed by atoms with van der Waals surface area (Å²) in [6.07, 6.45) is 0. The molecule has 0 aliphatic carbocycles. The molecule has 8 nitrogen and oxygen atoms in total. The molecule has 4 rings (SSSR count). The van der Waals surface area contributed by atoms with Crippen LogP contribution in [0.2, 0.25) is 0 Å². The summed E-state index contributed by atoms with van der Waals surface area (Å²) in [7, 11) is 1.48. The summed E-state index contributed by atoms with van der Waals surface area (Å²) in [5.41, 5.74) is 6.87. The van der Waals surface area contributed by atoms with E-state index in [-0.39, 0.29) is 17.4 Å². The van der Waals surface area contributed by atoms with Gasteiger partial charge in [-0.05, 0) is 44.2 Å². The summed E-state index contributed by atoms with van der Waals surface area (Å²) in [5.74, 6) is 0.905. The number of hydrazone groups is 1. The second kappa shape index (κ2) is 10.9. The minimum Gasteiger partial charge on any atom is -0.504 e. The lowest BCUT2D eigenvalue weighted by atomic mass is 10.1. The lowest BCUT2D eigenvalue weighted by Crippen LogP contribution is -2.21. The minimum absolute atomic E-state index is 0.0389. The molecule has 1 heterocycles. The molecule has 0 radical (unpaired) electrons. The highest BCUT2D eigenvalue weighted by atomic mass is 32.2. The predicted molar refractivity (Wildman–Crippen MR) is 137 cm³/mol. The van der Waals surface area contributed by atoms with Crippen molar-refractivity contribution in [2.45, 2.75) is 19.0 Å². The van der Waals surface area contributed by atoms with Crippen LogP contribution in [0.25, 0.3) is 17.1 Å². The van der Waals surface area contributed by atoms with Crippen LogP contribution in [0.5, 0.6) is 11.5 Å². The van der Waals surface area contributed by atoms with Gasteiger partial charge in [-0.15, -0.1) is 10.2 Å². The fourth-order valence-corrected chi connectivity index (χ4v) is 4.08. The number of nitrogens with one attached hydrogen (secondary N) is 1. The van der Waals surface area contributed by atoms with Crippen LogP contribution in [0.3, 0.4) is 0 Å². The first kappa shape index (κ1) is 24.0. The van der Waals surface area contributed by atoms with Gasteiger partial charge in [0.15, 0.2) is 22.5 Å². The van der Waals surface area contributed by atoms with E-state index in [2.05, 4.69) is 20.7 Å². The maximum atomic E-state index is 12.5. The third-order valence-corrected chi connectivity index (χ3v) is 6.16. The molecule has 0 spiro atoms. The first-order valence-electron chi connectivity index (χ1n) is 10.9. The van der Waals surface area contributed by atoms with E-state index in [9.17, 15) is 9.90 Å². The number of phenols is 1. The fraction of sp³-hybridized carbons (Fsp3) is 0.154. The number of thioether (sulfide) groups is 1. The molecule has 1 amide bonds. The number of nitrogens with zero attached hydrogens (tertiary/aromatic N) is 4. The maximum absolute atomic E-state index is 12.5. The van der Waals surface area contributed by atoms with Crippen molar-refractivity contribution in [3.05, 3.63) is 83.9 Å². The van der Waals surface area contributed by atoms with E-state index >= 15 is 0 Å².